The van der Waals surface area contributed by atoms with Crippen LogP contribution in [0.1, 0.15) is 69.9 Å². The Morgan fingerprint density at radius 1 is 1.05 bits per heavy atom. The molecule has 120 valence electrons. The molecule has 0 aliphatic carbocycles. The molecule has 1 aromatic rings. The van der Waals surface area contributed by atoms with Crippen molar-refractivity contribution in [1.82, 2.24) is 5.32 Å². The number of benzene rings is 1. The monoisotopic (exact) mass is 361 g/mol. The fourth-order valence-electron chi connectivity index (χ4n) is 2.57. The summed E-state index contributed by atoms with van der Waals surface area (Å²) >= 11 is 3.17. The molecule has 0 saturated heterocycles. The Kier molecular flexibility index (Phi) is 9.09. The molecular formula is C17H26BrF2N. The lowest BCUT2D eigenvalue weighted by atomic mass is 9.99. The molecule has 0 radical (unpaired) electrons. The maximum absolute atomic E-state index is 13.6. The minimum absolute atomic E-state index is 0.0603. The Balaban J connectivity index is 2.43. The first kappa shape index (κ1) is 18.6. The van der Waals surface area contributed by atoms with Crippen LogP contribution >= 0.6 is 15.9 Å². The zero-order valence-corrected chi connectivity index (χ0v) is 14.6. The first-order valence-corrected chi connectivity index (χ1v) is 8.71. The van der Waals surface area contributed by atoms with E-state index in [4.69, 9.17) is 0 Å². The number of nitrogens with one attached hydrogen (secondary N) is 1. The summed E-state index contributed by atoms with van der Waals surface area (Å²) in [5.41, 5.74) is 0.794. The van der Waals surface area contributed by atoms with E-state index in [1.807, 2.05) is 7.05 Å². The topological polar surface area (TPSA) is 12.0 Å². The van der Waals surface area contributed by atoms with Crippen LogP contribution in [0.3, 0.4) is 0 Å². The van der Waals surface area contributed by atoms with E-state index in [-0.39, 0.29) is 10.5 Å². The lowest BCUT2D eigenvalue weighted by Crippen LogP contribution is -2.17. The van der Waals surface area contributed by atoms with Gasteiger partial charge in [0.1, 0.15) is 0 Å². The second kappa shape index (κ2) is 10.3. The highest BCUT2D eigenvalue weighted by atomic mass is 79.9. The van der Waals surface area contributed by atoms with Crippen molar-refractivity contribution in [2.75, 3.05) is 7.05 Å². The Hall–Kier alpha value is -0.480. The Morgan fingerprint density at radius 3 is 2.29 bits per heavy atom. The molecule has 1 unspecified atom stereocenters. The van der Waals surface area contributed by atoms with Gasteiger partial charge in [-0.3, -0.25) is 0 Å². The standard InChI is InChI=1S/C17H26BrF2N/c1-3-4-5-6-7-8-9-10-15(21-2)13-11-12-14(19)17(20)16(13)18/h11-12,15,21H,3-10H2,1-2H3. The summed E-state index contributed by atoms with van der Waals surface area (Å²) in [6.45, 7) is 2.22. The molecule has 0 aromatic heterocycles. The molecule has 1 aromatic carbocycles. The molecule has 1 nitrogen and oxygen atoms in total. The first-order valence-electron chi connectivity index (χ1n) is 7.92. The van der Waals surface area contributed by atoms with Crippen molar-refractivity contribution in [2.24, 2.45) is 0 Å². The van der Waals surface area contributed by atoms with E-state index in [0.717, 1.165) is 18.4 Å². The molecular weight excluding hydrogens is 336 g/mol. The van der Waals surface area contributed by atoms with Crippen molar-refractivity contribution in [1.29, 1.82) is 0 Å². The molecule has 0 spiro atoms. The normalized spacial score (nSPS) is 12.6. The largest absolute Gasteiger partial charge is 0.313 e. The lowest BCUT2D eigenvalue weighted by molar-refractivity contribution is 0.476. The molecule has 1 atom stereocenters. The van der Waals surface area contributed by atoms with Gasteiger partial charge in [0.25, 0.3) is 0 Å². The first-order chi connectivity index (χ1) is 10.1. The zero-order valence-electron chi connectivity index (χ0n) is 13.0. The van der Waals surface area contributed by atoms with Crippen molar-refractivity contribution in [3.63, 3.8) is 0 Å². The highest BCUT2D eigenvalue weighted by molar-refractivity contribution is 9.10. The molecule has 0 heterocycles. The van der Waals surface area contributed by atoms with E-state index in [9.17, 15) is 8.78 Å². The van der Waals surface area contributed by atoms with Crippen LogP contribution < -0.4 is 5.32 Å². The SMILES string of the molecule is CCCCCCCCCC(NC)c1ccc(F)c(F)c1Br. The van der Waals surface area contributed by atoms with Crippen LogP contribution in [0, 0.1) is 11.6 Å². The van der Waals surface area contributed by atoms with Gasteiger partial charge in [-0.05, 0) is 41.0 Å². The summed E-state index contributed by atoms with van der Waals surface area (Å²) in [5, 5.41) is 3.20. The van der Waals surface area contributed by atoms with Gasteiger partial charge in [-0.2, -0.15) is 0 Å². The maximum Gasteiger partial charge on any atom is 0.173 e. The van der Waals surface area contributed by atoms with E-state index in [0.29, 0.717) is 0 Å². The summed E-state index contributed by atoms with van der Waals surface area (Å²) < 4.78 is 27.0. The van der Waals surface area contributed by atoms with Crippen molar-refractivity contribution < 1.29 is 8.78 Å². The third-order valence-electron chi connectivity index (χ3n) is 3.89. The van der Waals surface area contributed by atoms with Crippen LogP contribution in [0.15, 0.2) is 16.6 Å². The second-order valence-electron chi connectivity index (χ2n) is 5.52. The lowest BCUT2D eigenvalue weighted by Gasteiger charge is -2.18. The summed E-state index contributed by atoms with van der Waals surface area (Å²) in [6.07, 6.45) is 9.70. The number of unbranched alkanes of at least 4 members (excludes halogenated alkanes) is 6. The van der Waals surface area contributed by atoms with Gasteiger partial charge in [-0.15, -0.1) is 0 Å². The summed E-state index contributed by atoms with van der Waals surface area (Å²) in [4.78, 5) is 0. The second-order valence-corrected chi connectivity index (χ2v) is 6.31. The van der Waals surface area contributed by atoms with Gasteiger partial charge in [-0.25, -0.2) is 8.78 Å². The van der Waals surface area contributed by atoms with E-state index in [2.05, 4.69) is 28.2 Å². The highest BCUT2D eigenvalue weighted by Crippen LogP contribution is 2.30. The number of halogens is 3. The van der Waals surface area contributed by atoms with Crippen LogP contribution in [0.2, 0.25) is 0 Å². The Morgan fingerprint density at radius 2 is 1.67 bits per heavy atom. The van der Waals surface area contributed by atoms with Crippen molar-refractivity contribution in [3.8, 4) is 0 Å². The van der Waals surface area contributed by atoms with E-state index in [1.165, 1.54) is 44.6 Å². The van der Waals surface area contributed by atoms with Crippen LogP contribution in [0.5, 0.6) is 0 Å². The third kappa shape index (κ3) is 6.03. The predicted octanol–water partition coefficient (Wildman–Crippen LogP) is 6.13. The van der Waals surface area contributed by atoms with E-state index in [1.54, 1.807) is 6.07 Å². The molecule has 1 rings (SSSR count). The van der Waals surface area contributed by atoms with Crippen LogP contribution in [0.4, 0.5) is 8.78 Å². The van der Waals surface area contributed by atoms with Crippen LogP contribution in [0.25, 0.3) is 0 Å². The molecule has 21 heavy (non-hydrogen) atoms. The molecule has 0 amide bonds. The number of rotatable bonds is 10. The maximum atomic E-state index is 13.6. The molecule has 0 fully saturated rings. The number of hydrogen-bond donors (Lipinski definition) is 1. The van der Waals surface area contributed by atoms with Gasteiger partial charge in [-0.1, -0.05) is 57.9 Å². The van der Waals surface area contributed by atoms with Crippen molar-refractivity contribution >= 4 is 15.9 Å². The van der Waals surface area contributed by atoms with Gasteiger partial charge in [0.15, 0.2) is 11.6 Å². The minimum atomic E-state index is -0.809. The summed E-state index contributed by atoms with van der Waals surface area (Å²) in [5.74, 6) is -1.61. The molecule has 0 aliphatic rings. The van der Waals surface area contributed by atoms with Gasteiger partial charge in [0.05, 0.1) is 4.47 Å². The van der Waals surface area contributed by atoms with Gasteiger partial charge >= 0.3 is 0 Å². The summed E-state index contributed by atoms with van der Waals surface area (Å²) in [7, 11) is 1.86. The third-order valence-corrected chi connectivity index (χ3v) is 4.69. The Labute approximate surface area is 135 Å². The molecule has 0 bridgehead atoms. The van der Waals surface area contributed by atoms with Crippen molar-refractivity contribution in [3.05, 3.63) is 33.8 Å². The fraction of sp³-hybridized carbons (Fsp3) is 0.647. The molecule has 0 aliphatic heterocycles. The molecule has 1 N–H and O–H groups in total. The van der Waals surface area contributed by atoms with Gasteiger partial charge < -0.3 is 5.32 Å². The van der Waals surface area contributed by atoms with Gasteiger partial charge in [0.2, 0.25) is 0 Å². The van der Waals surface area contributed by atoms with Crippen LogP contribution in [-0.4, -0.2) is 7.05 Å². The average molecular weight is 362 g/mol. The van der Waals surface area contributed by atoms with E-state index >= 15 is 0 Å². The Bertz CT molecular complexity index is 423. The number of hydrogen-bond acceptors (Lipinski definition) is 1. The van der Waals surface area contributed by atoms with Crippen LogP contribution in [-0.2, 0) is 0 Å². The minimum Gasteiger partial charge on any atom is -0.313 e. The average Bonchev–Trinajstić information content (AvgIpc) is 2.49. The van der Waals surface area contributed by atoms with E-state index < -0.39 is 11.6 Å². The van der Waals surface area contributed by atoms with Gasteiger partial charge in [0, 0.05) is 6.04 Å². The highest BCUT2D eigenvalue weighted by Gasteiger charge is 2.17. The summed E-state index contributed by atoms with van der Waals surface area (Å²) in [6, 6.07) is 2.92. The fourth-order valence-corrected chi connectivity index (χ4v) is 3.17. The predicted molar refractivity (Wildman–Crippen MR) is 88.5 cm³/mol. The smallest absolute Gasteiger partial charge is 0.173 e. The molecule has 4 heteroatoms. The molecule has 0 saturated carbocycles. The van der Waals surface area contributed by atoms with Crippen molar-refractivity contribution in [2.45, 2.75) is 64.3 Å². The quantitative estimate of drug-likeness (QED) is 0.390. The zero-order chi connectivity index (χ0) is 15.7.